The van der Waals surface area contributed by atoms with E-state index in [-0.39, 0.29) is 6.03 Å². The minimum atomic E-state index is -0.370. The second-order valence-corrected chi connectivity index (χ2v) is 10.0. The number of nitrogens with zero attached hydrogens (tertiary/aromatic N) is 4. The molecule has 5 aromatic rings. The molecule has 1 aliphatic rings. The maximum atomic E-state index is 12.7. The monoisotopic (exact) mass is 563 g/mol. The zero-order chi connectivity index (χ0) is 28.7. The van der Waals surface area contributed by atoms with E-state index in [4.69, 9.17) is 14.6 Å². The van der Waals surface area contributed by atoms with E-state index in [1.165, 1.54) is 25.9 Å². The van der Waals surface area contributed by atoms with Gasteiger partial charge in [0.15, 0.2) is 5.65 Å². The molecule has 3 aromatic carbocycles. The Hall–Kier alpha value is -5.09. The van der Waals surface area contributed by atoms with E-state index in [0.717, 1.165) is 29.2 Å². The number of para-hydroxylation sites is 2. The van der Waals surface area contributed by atoms with Crippen LogP contribution in [0.3, 0.4) is 0 Å². The number of methoxy groups -OCH3 is 1. The summed E-state index contributed by atoms with van der Waals surface area (Å²) in [6.07, 6.45) is 2.57. The van der Waals surface area contributed by atoms with Crippen molar-refractivity contribution in [2.75, 3.05) is 49.3 Å². The van der Waals surface area contributed by atoms with Crippen molar-refractivity contribution in [3.8, 4) is 22.8 Å². The second-order valence-electron chi connectivity index (χ2n) is 10.0. The van der Waals surface area contributed by atoms with E-state index in [2.05, 4.69) is 25.8 Å². The van der Waals surface area contributed by atoms with Crippen LogP contribution in [0.4, 0.5) is 27.8 Å². The zero-order valence-corrected chi connectivity index (χ0v) is 23.4. The van der Waals surface area contributed by atoms with Crippen molar-refractivity contribution in [3.63, 3.8) is 0 Å². The van der Waals surface area contributed by atoms with Crippen molar-refractivity contribution < 1.29 is 14.3 Å². The molecular weight excluding hydrogens is 530 g/mol. The standard InChI is InChI=1S/C32H33N7O3/c1-41-29-12-3-2-10-27(29)35-32(40)34-25-9-6-8-23(22-25)28-11-7-13-30-36-31(37-39(28)30)33-24-14-16-26(17-15-24)42-21-20-38-18-4-5-19-38/h2-3,6-17,22H,4-5,18-21H2,1H3,(H,33,37)(H2,34,35,40). The van der Waals surface area contributed by atoms with Gasteiger partial charge >= 0.3 is 6.03 Å². The molecule has 0 radical (unpaired) electrons. The SMILES string of the molecule is COc1ccccc1NC(=O)Nc1cccc(-c2cccc3nc(Nc4ccc(OCCN5CCCC5)cc4)nn23)c1. The minimum absolute atomic E-state index is 0.370. The molecule has 1 saturated heterocycles. The van der Waals surface area contributed by atoms with Gasteiger partial charge in [-0.05, 0) is 86.6 Å². The number of hydrogen-bond donors (Lipinski definition) is 3. The molecule has 0 aliphatic carbocycles. The highest BCUT2D eigenvalue weighted by molar-refractivity contribution is 6.01. The quantitative estimate of drug-likeness (QED) is 0.184. The molecule has 1 fully saturated rings. The van der Waals surface area contributed by atoms with Gasteiger partial charge in [0.25, 0.3) is 0 Å². The zero-order valence-electron chi connectivity index (χ0n) is 23.4. The van der Waals surface area contributed by atoms with Crippen LogP contribution in [0.2, 0.25) is 0 Å². The normalized spacial score (nSPS) is 13.2. The Kier molecular flexibility index (Phi) is 8.14. The number of ether oxygens (including phenoxy) is 2. The van der Waals surface area contributed by atoms with Crippen LogP contribution in [0.15, 0.2) is 91.0 Å². The number of amides is 2. The fourth-order valence-corrected chi connectivity index (χ4v) is 5.03. The molecule has 0 bridgehead atoms. The van der Waals surface area contributed by atoms with Gasteiger partial charge < -0.3 is 25.4 Å². The average Bonchev–Trinajstić information content (AvgIpc) is 3.68. The number of likely N-dealkylation sites (tertiary alicyclic amines) is 1. The summed E-state index contributed by atoms with van der Waals surface area (Å²) in [4.78, 5) is 19.8. The number of carbonyl (C=O) groups excluding carboxylic acids is 1. The van der Waals surface area contributed by atoms with Crippen molar-refractivity contribution in [2.24, 2.45) is 0 Å². The molecule has 0 unspecified atom stereocenters. The Balaban J connectivity index is 1.12. The van der Waals surface area contributed by atoms with Crippen LogP contribution in [0.1, 0.15) is 12.8 Å². The summed E-state index contributed by atoms with van der Waals surface area (Å²) >= 11 is 0. The Morgan fingerprint density at radius 3 is 2.52 bits per heavy atom. The van der Waals surface area contributed by atoms with Gasteiger partial charge in [-0.1, -0.05) is 30.3 Å². The van der Waals surface area contributed by atoms with Crippen molar-refractivity contribution in [2.45, 2.75) is 12.8 Å². The largest absolute Gasteiger partial charge is 0.495 e. The molecule has 10 nitrogen and oxygen atoms in total. The predicted octanol–water partition coefficient (Wildman–Crippen LogP) is 6.27. The lowest BCUT2D eigenvalue weighted by Gasteiger charge is -2.15. The van der Waals surface area contributed by atoms with Crippen LogP contribution in [0.5, 0.6) is 11.5 Å². The van der Waals surface area contributed by atoms with Crippen molar-refractivity contribution in [1.82, 2.24) is 19.5 Å². The number of nitrogens with one attached hydrogen (secondary N) is 3. The summed E-state index contributed by atoms with van der Waals surface area (Å²) in [5, 5.41) is 13.7. The Morgan fingerprint density at radius 1 is 0.881 bits per heavy atom. The molecule has 42 heavy (non-hydrogen) atoms. The molecule has 6 rings (SSSR count). The van der Waals surface area contributed by atoms with E-state index < -0.39 is 0 Å². The Labute approximate surface area is 244 Å². The molecule has 1 aliphatic heterocycles. The van der Waals surface area contributed by atoms with Crippen LogP contribution < -0.4 is 25.4 Å². The number of carbonyl (C=O) groups is 1. The number of rotatable bonds is 10. The summed E-state index contributed by atoms with van der Waals surface area (Å²) in [6.45, 7) is 3.99. The smallest absolute Gasteiger partial charge is 0.323 e. The first-order valence-electron chi connectivity index (χ1n) is 14.0. The van der Waals surface area contributed by atoms with Crippen LogP contribution in [0, 0.1) is 0 Å². The highest BCUT2D eigenvalue weighted by Crippen LogP contribution is 2.26. The molecule has 0 saturated carbocycles. The van der Waals surface area contributed by atoms with Gasteiger partial charge in [0.05, 0.1) is 18.5 Å². The van der Waals surface area contributed by atoms with E-state index in [1.807, 2.05) is 78.9 Å². The first-order chi connectivity index (χ1) is 20.6. The molecule has 2 aromatic heterocycles. The van der Waals surface area contributed by atoms with Crippen LogP contribution in [-0.2, 0) is 0 Å². The van der Waals surface area contributed by atoms with Crippen molar-refractivity contribution >= 4 is 34.7 Å². The van der Waals surface area contributed by atoms with Gasteiger partial charge in [-0.25, -0.2) is 9.31 Å². The van der Waals surface area contributed by atoms with Crippen LogP contribution in [0.25, 0.3) is 16.9 Å². The summed E-state index contributed by atoms with van der Waals surface area (Å²) in [6, 6.07) is 28.1. The predicted molar refractivity (Wildman–Crippen MR) is 165 cm³/mol. The molecule has 0 atom stereocenters. The van der Waals surface area contributed by atoms with Gasteiger partial charge in [-0.2, -0.15) is 4.98 Å². The fourth-order valence-electron chi connectivity index (χ4n) is 5.03. The van der Waals surface area contributed by atoms with Gasteiger partial charge in [0.2, 0.25) is 5.95 Å². The third-order valence-electron chi connectivity index (χ3n) is 7.12. The molecule has 3 N–H and O–H groups in total. The first-order valence-corrected chi connectivity index (χ1v) is 14.0. The van der Waals surface area contributed by atoms with E-state index in [9.17, 15) is 4.79 Å². The maximum absolute atomic E-state index is 12.7. The fraction of sp³-hybridized carbons (Fsp3) is 0.219. The summed E-state index contributed by atoms with van der Waals surface area (Å²) in [5.41, 5.74) is 4.50. The van der Waals surface area contributed by atoms with E-state index in [0.29, 0.717) is 35.3 Å². The number of pyridine rings is 1. The maximum Gasteiger partial charge on any atom is 0.323 e. The molecule has 0 spiro atoms. The number of fused-ring (bicyclic) bond motifs is 1. The summed E-state index contributed by atoms with van der Waals surface area (Å²) in [7, 11) is 1.57. The first kappa shape index (κ1) is 27.1. The highest BCUT2D eigenvalue weighted by Gasteiger charge is 2.13. The number of anilines is 4. The van der Waals surface area contributed by atoms with Gasteiger partial charge in [-0.3, -0.25) is 4.90 Å². The highest BCUT2D eigenvalue weighted by atomic mass is 16.5. The Morgan fingerprint density at radius 2 is 1.69 bits per heavy atom. The average molecular weight is 564 g/mol. The van der Waals surface area contributed by atoms with Gasteiger partial charge in [0, 0.05) is 23.5 Å². The molecule has 214 valence electrons. The summed E-state index contributed by atoms with van der Waals surface area (Å²) < 4.78 is 13.0. The van der Waals surface area contributed by atoms with Gasteiger partial charge in [0.1, 0.15) is 18.1 Å². The molecule has 2 amide bonds. The van der Waals surface area contributed by atoms with Crippen LogP contribution in [-0.4, -0.2) is 58.9 Å². The summed E-state index contributed by atoms with van der Waals surface area (Å²) in [5.74, 6) is 1.91. The lowest BCUT2D eigenvalue weighted by atomic mass is 10.1. The molecular formula is C32H33N7O3. The lowest BCUT2D eigenvalue weighted by Crippen LogP contribution is -2.25. The van der Waals surface area contributed by atoms with Crippen molar-refractivity contribution in [1.29, 1.82) is 0 Å². The Bertz CT molecular complexity index is 1660. The van der Waals surface area contributed by atoms with E-state index >= 15 is 0 Å². The third kappa shape index (κ3) is 6.45. The van der Waals surface area contributed by atoms with Gasteiger partial charge in [-0.15, -0.1) is 5.10 Å². The number of urea groups is 1. The number of hydrogen-bond acceptors (Lipinski definition) is 7. The third-order valence-corrected chi connectivity index (χ3v) is 7.12. The van der Waals surface area contributed by atoms with E-state index in [1.54, 1.807) is 23.8 Å². The number of aromatic nitrogens is 3. The second kappa shape index (κ2) is 12.6. The van der Waals surface area contributed by atoms with Crippen molar-refractivity contribution in [3.05, 3.63) is 91.0 Å². The molecule has 3 heterocycles. The lowest BCUT2D eigenvalue weighted by molar-refractivity contribution is 0.238. The minimum Gasteiger partial charge on any atom is -0.495 e. The topological polar surface area (TPSA) is 105 Å². The number of benzene rings is 3. The molecule has 10 heteroatoms. The van der Waals surface area contributed by atoms with Crippen LogP contribution >= 0.6 is 0 Å².